The molecule has 14 heavy (non-hydrogen) atoms. The number of nitrogens with zero attached hydrogens (tertiary/aromatic N) is 2. The van der Waals surface area contributed by atoms with Gasteiger partial charge in [0.2, 0.25) is 0 Å². The Morgan fingerprint density at radius 1 is 1.00 bits per heavy atom. The lowest BCUT2D eigenvalue weighted by Crippen LogP contribution is -2.58. The summed E-state index contributed by atoms with van der Waals surface area (Å²) in [5.74, 6) is 0. The quantitative estimate of drug-likeness (QED) is 0.630. The summed E-state index contributed by atoms with van der Waals surface area (Å²) in [4.78, 5) is 2.36. The van der Waals surface area contributed by atoms with Gasteiger partial charge < -0.3 is 13.8 Å². The summed E-state index contributed by atoms with van der Waals surface area (Å²) in [6, 6.07) is 1.06. The summed E-state index contributed by atoms with van der Waals surface area (Å²) in [5.41, 5.74) is 0. The predicted molar refractivity (Wildman–Crippen MR) is 59.3 cm³/mol. The standard InChI is InChI=1S/C9H22N2O2Si/c1-10-6-5-9-14(12-3,13-4)11(2)8-7-10/h5-9H2,1-4H3. The Labute approximate surface area is 88.1 Å². The summed E-state index contributed by atoms with van der Waals surface area (Å²) < 4.78 is 13.6. The number of rotatable bonds is 2. The Morgan fingerprint density at radius 3 is 2.21 bits per heavy atom. The molecule has 0 spiro atoms. The molecule has 1 heterocycles. The van der Waals surface area contributed by atoms with Crippen molar-refractivity contribution in [1.82, 2.24) is 9.47 Å². The lowest BCUT2D eigenvalue weighted by molar-refractivity contribution is 0.155. The third-order valence-electron chi connectivity index (χ3n) is 3.07. The van der Waals surface area contributed by atoms with Crippen LogP contribution >= 0.6 is 0 Å². The highest BCUT2D eigenvalue weighted by molar-refractivity contribution is 6.64. The molecular formula is C9H22N2O2Si. The molecule has 84 valence electrons. The molecule has 0 aromatic rings. The van der Waals surface area contributed by atoms with Gasteiger partial charge in [0.05, 0.1) is 0 Å². The predicted octanol–water partition coefficient (Wildman–Crippen LogP) is 0.485. The Bertz CT molecular complexity index is 176. The summed E-state index contributed by atoms with van der Waals surface area (Å²) in [7, 11) is 5.79. The smallest absolute Gasteiger partial charge is 0.386 e. The molecule has 0 aromatic heterocycles. The molecule has 1 rings (SSSR count). The molecule has 4 nitrogen and oxygen atoms in total. The van der Waals surface area contributed by atoms with Crippen LogP contribution in [0.1, 0.15) is 6.42 Å². The molecule has 0 saturated carbocycles. The Morgan fingerprint density at radius 2 is 1.64 bits per heavy atom. The molecule has 0 amide bonds. The van der Waals surface area contributed by atoms with Crippen molar-refractivity contribution in [3.8, 4) is 0 Å². The van der Waals surface area contributed by atoms with Gasteiger partial charge in [-0.2, -0.15) is 0 Å². The summed E-state index contributed by atoms with van der Waals surface area (Å²) in [6.07, 6.45) is 1.16. The second-order valence-corrected chi connectivity index (χ2v) is 7.45. The van der Waals surface area contributed by atoms with Crippen LogP contribution < -0.4 is 0 Å². The zero-order valence-corrected chi connectivity index (χ0v) is 10.7. The van der Waals surface area contributed by atoms with Crippen molar-refractivity contribution in [3.63, 3.8) is 0 Å². The minimum Gasteiger partial charge on any atom is -0.386 e. The van der Waals surface area contributed by atoms with Crippen LogP contribution in [0, 0.1) is 0 Å². The first-order valence-electron chi connectivity index (χ1n) is 5.15. The molecular weight excluding hydrogens is 196 g/mol. The lowest BCUT2D eigenvalue weighted by atomic mass is 10.4. The van der Waals surface area contributed by atoms with Crippen LogP contribution in [0.25, 0.3) is 0 Å². The third-order valence-corrected chi connectivity index (χ3v) is 6.72. The van der Waals surface area contributed by atoms with Crippen molar-refractivity contribution in [2.24, 2.45) is 0 Å². The van der Waals surface area contributed by atoms with Crippen molar-refractivity contribution < 1.29 is 8.85 Å². The molecule has 0 unspecified atom stereocenters. The highest BCUT2D eigenvalue weighted by atomic mass is 28.4. The maximum Gasteiger partial charge on any atom is 0.427 e. The maximum absolute atomic E-state index is 5.64. The van der Waals surface area contributed by atoms with E-state index in [9.17, 15) is 0 Å². The molecule has 1 saturated heterocycles. The molecule has 0 N–H and O–H groups in total. The van der Waals surface area contributed by atoms with Gasteiger partial charge in [-0.3, -0.25) is 4.57 Å². The second kappa shape index (κ2) is 5.23. The summed E-state index contributed by atoms with van der Waals surface area (Å²) >= 11 is 0. The van der Waals surface area contributed by atoms with Crippen LogP contribution in [0.15, 0.2) is 0 Å². The van der Waals surface area contributed by atoms with Crippen molar-refractivity contribution in [2.45, 2.75) is 12.5 Å². The molecule has 0 aliphatic carbocycles. The van der Waals surface area contributed by atoms with E-state index in [2.05, 4.69) is 23.6 Å². The number of hydrogen-bond donors (Lipinski definition) is 0. The van der Waals surface area contributed by atoms with Gasteiger partial charge >= 0.3 is 8.72 Å². The van der Waals surface area contributed by atoms with Gasteiger partial charge in [-0.25, -0.2) is 0 Å². The van der Waals surface area contributed by atoms with E-state index < -0.39 is 8.72 Å². The van der Waals surface area contributed by atoms with E-state index in [1.165, 1.54) is 0 Å². The zero-order chi connectivity index (χ0) is 10.6. The van der Waals surface area contributed by atoms with Crippen molar-refractivity contribution in [2.75, 3.05) is 47.9 Å². The minimum absolute atomic E-state index is 1.03. The fourth-order valence-corrected chi connectivity index (χ4v) is 4.59. The van der Waals surface area contributed by atoms with Gasteiger partial charge in [0.25, 0.3) is 0 Å². The molecule has 0 radical (unpaired) electrons. The molecule has 0 aromatic carbocycles. The molecule has 1 fully saturated rings. The second-order valence-electron chi connectivity index (χ2n) is 3.95. The van der Waals surface area contributed by atoms with Gasteiger partial charge in [-0.05, 0) is 27.1 Å². The van der Waals surface area contributed by atoms with Gasteiger partial charge in [-0.1, -0.05) is 0 Å². The van der Waals surface area contributed by atoms with Crippen LogP contribution in [-0.4, -0.2) is 66.1 Å². The lowest BCUT2D eigenvalue weighted by Gasteiger charge is -2.38. The first kappa shape index (κ1) is 12.1. The van der Waals surface area contributed by atoms with E-state index in [0.29, 0.717) is 0 Å². The van der Waals surface area contributed by atoms with E-state index in [-0.39, 0.29) is 0 Å². The van der Waals surface area contributed by atoms with Gasteiger partial charge in [-0.15, -0.1) is 0 Å². The largest absolute Gasteiger partial charge is 0.427 e. The summed E-state index contributed by atoms with van der Waals surface area (Å²) in [6.45, 7) is 3.28. The Balaban J connectivity index is 2.65. The van der Waals surface area contributed by atoms with Crippen molar-refractivity contribution in [1.29, 1.82) is 0 Å². The Kier molecular flexibility index (Phi) is 4.53. The van der Waals surface area contributed by atoms with Crippen molar-refractivity contribution in [3.05, 3.63) is 0 Å². The molecule has 0 atom stereocenters. The normalized spacial score (nSPS) is 25.7. The fourth-order valence-electron chi connectivity index (χ4n) is 1.97. The Hall–Kier alpha value is 0.0569. The monoisotopic (exact) mass is 218 g/mol. The van der Waals surface area contributed by atoms with Gasteiger partial charge in [0.15, 0.2) is 0 Å². The first-order valence-corrected chi connectivity index (χ1v) is 7.12. The maximum atomic E-state index is 5.64. The van der Waals surface area contributed by atoms with Gasteiger partial charge in [0.1, 0.15) is 0 Å². The van der Waals surface area contributed by atoms with Crippen LogP contribution in [0.5, 0.6) is 0 Å². The average molecular weight is 218 g/mol. The molecule has 0 bridgehead atoms. The van der Waals surface area contributed by atoms with E-state index in [4.69, 9.17) is 8.85 Å². The summed E-state index contributed by atoms with van der Waals surface area (Å²) in [5, 5.41) is 0. The topological polar surface area (TPSA) is 24.9 Å². The minimum atomic E-state index is -2.04. The highest BCUT2D eigenvalue weighted by Crippen LogP contribution is 2.19. The average Bonchev–Trinajstić information content (AvgIpc) is 2.19. The van der Waals surface area contributed by atoms with E-state index >= 15 is 0 Å². The van der Waals surface area contributed by atoms with E-state index in [1.54, 1.807) is 14.2 Å². The SMILES string of the molecule is CO[Si]1(OC)CCCN(C)CCN1C. The first-order chi connectivity index (χ1) is 6.64. The van der Waals surface area contributed by atoms with Crippen LogP contribution in [-0.2, 0) is 8.85 Å². The van der Waals surface area contributed by atoms with Crippen LogP contribution in [0.3, 0.4) is 0 Å². The fraction of sp³-hybridized carbons (Fsp3) is 1.00. The van der Waals surface area contributed by atoms with Gasteiger partial charge in [0, 0.05) is 33.4 Å². The van der Waals surface area contributed by atoms with E-state index in [1.807, 2.05) is 0 Å². The molecule has 1 aliphatic rings. The molecule has 1 aliphatic heterocycles. The van der Waals surface area contributed by atoms with Crippen molar-refractivity contribution >= 4 is 8.72 Å². The highest BCUT2D eigenvalue weighted by Gasteiger charge is 2.41. The van der Waals surface area contributed by atoms with E-state index in [0.717, 1.165) is 32.1 Å². The van der Waals surface area contributed by atoms with Crippen LogP contribution in [0.2, 0.25) is 6.04 Å². The number of likely N-dealkylation sites (N-methyl/N-ethyl adjacent to an activating group) is 2. The van der Waals surface area contributed by atoms with Crippen LogP contribution in [0.4, 0.5) is 0 Å². The third kappa shape index (κ3) is 2.55. The number of hydrogen-bond acceptors (Lipinski definition) is 4. The molecule has 5 heteroatoms. The zero-order valence-electron chi connectivity index (χ0n) is 9.75.